The van der Waals surface area contributed by atoms with E-state index in [0.717, 1.165) is 21.9 Å². The molecule has 0 saturated heterocycles. The number of hydrogen-bond acceptors (Lipinski definition) is 16. The molecule has 24 heteroatoms. The molecule has 0 atom stereocenters. The third-order valence-corrected chi connectivity index (χ3v) is 9.58. The summed E-state index contributed by atoms with van der Waals surface area (Å²) >= 11 is 0. The van der Waals surface area contributed by atoms with Crippen LogP contribution in [0.5, 0.6) is 23.0 Å². The Morgan fingerprint density at radius 1 is 0.594 bits per heavy atom. The van der Waals surface area contributed by atoms with Gasteiger partial charge in [0.2, 0.25) is 11.9 Å². The maximum absolute atomic E-state index is 15.0. The number of nitrogens with one attached hydrogen (secondary N) is 2. The van der Waals surface area contributed by atoms with Crippen LogP contribution in [0.2, 0.25) is 0 Å². The minimum Gasteiger partial charge on any atom is -0.493 e. The van der Waals surface area contributed by atoms with Gasteiger partial charge in [0.15, 0.2) is 46.3 Å². The first kappa shape index (κ1) is 48.5. The average molecular weight is 907 g/mol. The smallest absolute Gasteiger partial charge is 0.330 e. The lowest BCUT2D eigenvalue weighted by Crippen LogP contribution is -2.48. The number of amides is 4. The molecule has 2 aromatic heterocycles. The minimum absolute atomic E-state index is 0.0697. The molecule has 0 unspecified atom stereocenters. The molecular formula is C40H50F4N10O10. The molecular weight excluding hydrogens is 856 g/mol. The highest BCUT2D eigenvalue weighted by molar-refractivity contribution is 6.06. The molecule has 0 bridgehead atoms. The number of rotatable bonds is 20. The first-order valence-corrected chi connectivity index (χ1v) is 19.9. The highest BCUT2D eigenvalue weighted by Crippen LogP contribution is 2.42. The Morgan fingerprint density at radius 2 is 0.938 bits per heavy atom. The molecule has 0 radical (unpaired) electrons. The normalized spacial score (nSPS) is 13.2. The van der Waals surface area contributed by atoms with Crippen molar-refractivity contribution in [1.29, 1.82) is 0 Å². The maximum Gasteiger partial charge on any atom is 0.330 e. The molecule has 0 aliphatic carbocycles. The largest absolute Gasteiger partial charge is 0.493 e. The van der Waals surface area contributed by atoms with Crippen molar-refractivity contribution < 1.29 is 65.8 Å². The Kier molecular flexibility index (Phi) is 17.2. The van der Waals surface area contributed by atoms with Gasteiger partial charge in [0.05, 0.1) is 81.2 Å². The second-order valence-electron chi connectivity index (χ2n) is 13.4. The number of aromatic nitrogens is 4. The van der Waals surface area contributed by atoms with E-state index in [1.165, 1.54) is 50.6 Å². The fourth-order valence-corrected chi connectivity index (χ4v) is 6.55. The van der Waals surface area contributed by atoms with Crippen LogP contribution in [-0.4, -0.2) is 136 Å². The van der Waals surface area contributed by atoms with E-state index >= 15 is 17.6 Å². The minimum atomic E-state index is -1.01. The fraction of sp³-hybridized carbons (Fsp3) is 0.450. The predicted octanol–water partition coefficient (Wildman–Crippen LogP) is 4.32. The van der Waals surface area contributed by atoms with Crippen LogP contribution in [0.15, 0.2) is 24.5 Å². The number of benzene rings is 2. The van der Waals surface area contributed by atoms with E-state index in [2.05, 4.69) is 30.6 Å². The predicted molar refractivity (Wildman–Crippen MR) is 225 cm³/mol. The number of fused-ring (bicyclic) bond motifs is 2. The number of hydrogen-bond donors (Lipinski definition) is 4. The van der Waals surface area contributed by atoms with Crippen LogP contribution < -0.4 is 49.2 Å². The van der Waals surface area contributed by atoms with E-state index in [9.17, 15) is 9.59 Å². The van der Waals surface area contributed by atoms with Crippen molar-refractivity contribution in [2.45, 2.75) is 26.9 Å². The molecule has 0 saturated carbocycles. The highest BCUT2D eigenvalue weighted by atomic mass is 19.1. The van der Waals surface area contributed by atoms with Gasteiger partial charge >= 0.3 is 12.1 Å². The number of carbonyl (C=O) groups excluding carboxylic acids is 2. The zero-order chi connectivity index (χ0) is 46.5. The Morgan fingerprint density at radius 3 is 1.23 bits per heavy atom. The van der Waals surface area contributed by atoms with Crippen LogP contribution in [0.3, 0.4) is 0 Å². The Balaban J connectivity index is 0.000000241. The Labute approximate surface area is 365 Å². The lowest BCUT2D eigenvalue weighted by molar-refractivity contribution is 0.0991. The SMILES string of the molecule is CCN1C(=O)N(c2c(F)c(OC)cc(OC)c2F)Cc2cnc(NCCOCCO)nc21.CCN1C(=O)N(c2c(F)c(OC)cc(OC)c2F)Cc2cnc(NCCOCCO)nc21. The van der Waals surface area contributed by atoms with Crippen molar-refractivity contribution in [3.8, 4) is 23.0 Å². The molecule has 4 heterocycles. The highest BCUT2D eigenvalue weighted by Gasteiger charge is 2.39. The van der Waals surface area contributed by atoms with E-state index in [4.69, 9.17) is 38.6 Å². The summed E-state index contributed by atoms with van der Waals surface area (Å²) in [5.74, 6) is -3.82. The van der Waals surface area contributed by atoms with Gasteiger partial charge in [0, 0.05) is 61.8 Å². The number of ether oxygens (including phenoxy) is 6. The third kappa shape index (κ3) is 10.5. The number of halogens is 4. The van der Waals surface area contributed by atoms with Gasteiger partial charge in [-0.15, -0.1) is 0 Å². The van der Waals surface area contributed by atoms with Crippen molar-refractivity contribution in [2.75, 3.05) is 124 Å². The summed E-state index contributed by atoms with van der Waals surface area (Å²) in [5, 5.41) is 23.4. The maximum atomic E-state index is 15.0. The van der Waals surface area contributed by atoms with Crippen LogP contribution in [0.4, 0.5) is 62.1 Å². The second-order valence-corrected chi connectivity index (χ2v) is 13.4. The molecule has 4 aromatic rings. The van der Waals surface area contributed by atoms with Crippen LogP contribution in [0.25, 0.3) is 0 Å². The molecule has 2 aliphatic heterocycles. The molecule has 64 heavy (non-hydrogen) atoms. The number of carbonyl (C=O) groups is 2. The summed E-state index contributed by atoms with van der Waals surface area (Å²) < 4.78 is 90.3. The zero-order valence-corrected chi connectivity index (χ0v) is 36.0. The number of anilines is 6. The van der Waals surface area contributed by atoms with Crippen LogP contribution in [0.1, 0.15) is 25.0 Å². The van der Waals surface area contributed by atoms with Gasteiger partial charge in [-0.05, 0) is 13.8 Å². The number of aliphatic hydroxyl groups is 2. The van der Waals surface area contributed by atoms with Gasteiger partial charge in [0.25, 0.3) is 0 Å². The van der Waals surface area contributed by atoms with Crippen molar-refractivity contribution in [1.82, 2.24) is 19.9 Å². The molecule has 6 rings (SSSR count). The van der Waals surface area contributed by atoms with Crippen LogP contribution in [0, 0.1) is 23.3 Å². The van der Waals surface area contributed by atoms with Gasteiger partial charge in [0.1, 0.15) is 23.0 Å². The molecule has 348 valence electrons. The Bertz CT molecular complexity index is 2050. The monoisotopic (exact) mass is 906 g/mol. The average Bonchev–Trinajstić information content (AvgIpc) is 3.30. The zero-order valence-electron chi connectivity index (χ0n) is 36.0. The molecule has 0 fully saturated rings. The summed E-state index contributed by atoms with van der Waals surface area (Å²) in [7, 11) is 4.95. The van der Waals surface area contributed by atoms with Crippen molar-refractivity contribution in [3.63, 3.8) is 0 Å². The van der Waals surface area contributed by atoms with E-state index in [1.807, 2.05) is 0 Å². The number of urea groups is 2. The Hall–Kier alpha value is -6.50. The van der Waals surface area contributed by atoms with E-state index in [-0.39, 0.29) is 87.5 Å². The van der Waals surface area contributed by atoms with E-state index in [0.29, 0.717) is 49.1 Å². The van der Waals surface area contributed by atoms with Crippen molar-refractivity contribution in [2.24, 2.45) is 0 Å². The summed E-state index contributed by atoms with van der Waals surface area (Å²) in [5.41, 5.74) is -0.125. The van der Waals surface area contributed by atoms with Crippen molar-refractivity contribution in [3.05, 3.63) is 58.9 Å². The number of methoxy groups -OCH3 is 4. The molecule has 2 aromatic carbocycles. The van der Waals surface area contributed by atoms with Gasteiger partial charge in [-0.3, -0.25) is 19.6 Å². The topological polar surface area (TPSA) is 219 Å². The summed E-state index contributed by atoms with van der Waals surface area (Å²) in [6.07, 6.45) is 2.99. The summed E-state index contributed by atoms with van der Waals surface area (Å²) in [4.78, 5) is 48.1. The van der Waals surface area contributed by atoms with E-state index < -0.39 is 46.7 Å². The standard InChI is InChI=1S/2C20H25F2N5O5/c2*1-4-26-18-12(10-24-19(25-18)23-5-7-32-8-6-28)11-27(20(26)29)17-15(21)13(30-2)9-14(31-3)16(17)22/h2*9-10,28H,4-8,11H2,1-3H3,(H,23,24,25). The lowest BCUT2D eigenvalue weighted by atomic mass is 10.1. The second kappa shape index (κ2) is 22.7. The summed E-state index contributed by atoms with van der Waals surface area (Å²) in [6, 6.07) is 0.868. The lowest BCUT2D eigenvalue weighted by Gasteiger charge is -2.36. The quantitative estimate of drug-likeness (QED) is 0.0717. The van der Waals surface area contributed by atoms with Crippen LogP contribution >= 0.6 is 0 Å². The fourth-order valence-electron chi connectivity index (χ4n) is 6.55. The summed E-state index contributed by atoms with van der Waals surface area (Å²) in [6.45, 7) is 5.35. The van der Waals surface area contributed by atoms with Gasteiger partial charge in [-0.1, -0.05) is 0 Å². The van der Waals surface area contributed by atoms with Crippen LogP contribution in [-0.2, 0) is 22.6 Å². The first-order chi connectivity index (χ1) is 30.9. The molecule has 0 spiro atoms. The molecule has 20 nitrogen and oxygen atoms in total. The van der Waals surface area contributed by atoms with Gasteiger partial charge < -0.3 is 49.3 Å². The third-order valence-electron chi connectivity index (χ3n) is 9.58. The number of nitrogens with zero attached hydrogens (tertiary/aromatic N) is 8. The van der Waals surface area contributed by atoms with Gasteiger partial charge in [-0.25, -0.2) is 37.1 Å². The van der Waals surface area contributed by atoms with E-state index in [1.54, 1.807) is 13.8 Å². The first-order valence-electron chi connectivity index (χ1n) is 19.9. The number of aliphatic hydroxyl groups excluding tert-OH is 2. The van der Waals surface area contributed by atoms with Crippen molar-refractivity contribution >= 4 is 47.0 Å². The molecule has 2 aliphatic rings. The molecule has 4 amide bonds. The van der Waals surface area contributed by atoms with Gasteiger partial charge in [-0.2, -0.15) is 9.97 Å². The molecule has 4 N–H and O–H groups in total.